The van der Waals surface area contributed by atoms with Gasteiger partial charge >= 0.3 is 0 Å². The lowest BCUT2D eigenvalue weighted by Crippen LogP contribution is -2.48. The predicted molar refractivity (Wildman–Crippen MR) is 80.8 cm³/mol. The van der Waals surface area contributed by atoms with Crippen LogP contribution in [0.2, 0.25) is 0 Å². The minimum Gasteiger partial charge on any atom is -0.350 e. The summed E-state index contributed by atoms with van der Waals surface area (Å²) in [6.45, 7) is 4.68. The van der Waals surface area contributed by atoms with E-state index in [1.807, 2.05) is 14.1 Å². The van der Waals surface area contributed by atoms with Crippen molar-refractivity contribution >= 4 is 27.5 Å². The monoisotopic (exact) mass is 339 g/mol. The van der Waals surface area contributed by atoms with Gasteiger partial charge in [0.2, 0.25) is 0 Å². The Bertz CT molecular complexity index is 635. The fourth-order valence-corrected chi connectivity index (χ4v) is 1.86. The fraction of sp³-hybridized carbons (Fsp3) is 0.462. The van der Waals surface area contributed by atoms with E-state index < -0.39 is 0 Å². The van der Waals surface area contributed by atoms with E-state index in [4.69, 9.17) is 0 Å². The Labute approximate surface area is 126 Å². The normalized spacial score (nSPS) is 12.1. The Morgan fingerprint density at radius 1 is 1.45 bits per heavy atom. The molecule has 7 heteroatoms. The third-order valence-corrected chi connectivity index (χ3v) is 3.87. The van der Waals surface area contributed by atoms with Gasteiger partial charge in [-0.3, -0.25) is 4.79 Å². The second-order valence-electron chi connectivity index (χ2n) is 5.49. The zero-order chi connectivity index (χ0) is 14.9. The van der Waals surface area contributed by atoms with Gasteiger partial charge in [0.05, 0.1) is 10.7 Å². The molecular formula is C13H18BrN5O. The first-order valence-electron chi connectivity index (χ1n) is 6.26. The lowest BCUT2D eigenvalue weighted by atomic mass is 10.0. The van der Waals surface area contributed by atoms with Gasteiger partial charge in [0.25, 0.3) is 5.91 Å². The van der Waals surface area contributed by atoms with Crippen LogP contribution in [0.15, 0.2) is 23.1 Å². The Balaban J connectivity index is 2.16. The molecule has 0 aliphatic rings. The summed E-state index contributed by atoms with van der Waals surface area (Å²) in [7, 11) is 3.97. The van der Waals surface area contributed by atoms with Gasteiger partial charge in [-0.25, -0.2) is 9.50 Å². The van der Waals surface area contributed by atoms with Gasteiger partial charge in [-0.05, 0) is 43.9 Å². The molecule has 0 aliphatic heterocycles. The van der Waals surface area contributed by atoms with Crippen LogP contribution in [0.1, 0.15) is 24.2 Å². The molecule has 2 aromatic rings. The number of carbonyl (C=O) groups excluding carboxylic acids is 1. The summed E-state index contributed by atoms with van der Waals surface area (Å²) in [5.41, 5.74) is 0.912. The van der Waals surface area contributed by atoms with Crippen molar-refractivity contribution in [3.63, 3.8) is 0 Å². The zero-order valence-corrected chi connectivity index (χ0v) is 13.6. The number of aromatic nitrogens is 3. The molecule has 1 N–H and O–H groups in total. The molecule has 6 nitrogen and oxygen atoms in total. The smallest absolute Gasteiger partial charge is 0.256 e. The number of hydrogen-bond donors (Lipinski definition) is 1. The summed E-state index contributed by atoms with van der Waals surface area (Å²) >= 11 is 3.32. The van der Waals surface area contributed by atoms with Crippen LogP contribution < -0.4 is 5.32 Å². The maximum Gasteiger partial charge on any atom is 0.256 e. The molecule has 0 unspecified atom stereocenters. The van der Waals surface area contributed by atoms with E-state index in [1.54, 1.807) is 16.9 Å². The Morgan fingerprint density at radius 2 is 2.15 bits per heavy atom. The minimum absolute atomic E-state index is 0.116. The third-order valence-electron chi connectivity index (χ3n) is 3.46. The molecule has 0 aromatic carbocycles. The standard InChI is InChI=1S/C13H18BrN5O/c1-13(2,18(3)4)8-16-12(20)10-6-17-19-7-9(14)5-15-11(10)19/h5-7H,8H2,1-4H3,(H,16,20). The van der Waals surface area contributed by atoms with Gasteiger partial charge in [0.1, 0.15) is 5.56 Å². The maximum atomic E-state index is 12.2. The van der Waals surface area contributed by atoms with Gasteiger partial charge < -0.3 is 10.2 Å². The summed E-state index contributed by atoms with van der Waals surface area (Å²) in [4.78, 5) is 18.5. The molecule has 0 atom stereocenters. The molecular weight excluding hydrogens is 322 g/mol. The summed E-state index contributed by atoms with van der Waals surface area (Å²) in [5.74, 6) is -0.162. The van der Waals surface area contributed by atoms with Crippen LogP contribution in [0.25, 0.3) is 5.65 Å². The van der Waals surface area contributed by atoms with Crippen LogP contribution >= 0.6 is 15.9 Å². The van der Waals surface area contributed by atoms with E-state index in [2.05, 4.69) is 50.1 Å². The number of rotatable bonds is 4. The van der Waals surface area contributed by atoms with Crippen molar-refractivity contribution in [2.45, 2.75) is 19.4 Å². The molecule has 0 bridgehead atoms. The van der Waals surface area contributed by atoms with Crippen molar-refractivity contribution < 1.29 is 4.79 Å². The number of amides is 1. The number of halogens is 1. The SMILES string of the molecule is CN(C)C(C)(C)CNC(=O)c1cnn2cc(Br)cnc12. The van der Waals surface area contributed by atoms with Crippen molar-refractivity contribution in [3.05, 3.63) is 28.6 Å². The van der Waals surface area contributed by atoms with E-state index in [0.717, 1.165) is 4.47 Å². The number of nitrogens with one attached hydrogen (secondary N) is 1. The minimum atomic E-state index is -0.162. The average Bonchev–Trinajstić information content (AvgIpc) is 2.78. The highest BCUT2D eigenvalue weighted by Gasteiger charge is 2.22. The summed E-state index contributed by atoms with van der Waals surface area (Å²) in [6.07, 6.45) is 4.95. The molecule has 0 saturated carbocycles. The zero-order valence-electron chi connectivity index (χ0n) is 12.0. The van der Waals surface area contributed by atoms with E-state index in [9.17, 15) is 4.79 Å². The highest BCUT2D eigenvalue weighted by atomic mass is 79.9. The summed E-state index contributed by atoms with van der Waals surface area (Å²) in [6, 6.07) is 0. The Morgan fingerprint density at radius 3 is 2.80 bits per heavy atom. The topological polar surface area (TPSA) is 62.5 Å². The second-order valence-corrected chi connectivity index (χ2v) is 6.40. The molecule has 2 rings (SSSR count). The molecule has 108 valence electrons. The van der Waals surface area contributed by atoms with Gasteiger partial charge in [-0.15, -0.1) is 0 Å². The van der Waals surface area contributed by atoms with Gasteiger partial charge in [-0.2, -0.15) is 5.10 Å². The molecule has 2 aromatic heterocycles. The van der Waals surface area contributed by atoms with E-state index >= 15 is 0 Å². The van der Waals surface area contributed by atoms with Gasteiger partial charge in [-0.1, -0.05) is 0 Å². The quantitative estimate of drug-likeness (QED) is 0.918. The lowest BCUT2D eigenvalue weighted by molar-refractivity contribution is 0.0921. The fourth-order valence-electron chi connectivity index (χ4n) is 1.56. The van der Waals surface area contributed by atoms with Crippen LogP contribution in [-0.2, 0) is 0 Å². The molecule has 20 heavy (non-hydrogen) atoms. The maximum absolute atomic E-state index is 12.2. The average molecular weight is 340 g/mol. The first kappa shape index (κ1) is 14.9. The number of likely N-dealkylation sites (N-methyl/N-ethyl adjacent to an activating group) is 1. The first-order chi connectivity index (χ1) is 9.31. The van der Waals surface area contributed by atoms with Gasteiger partial charge in [0, 0.05) is 24.5 Å². The van der Waals surface area contributed by atoms with Crippen molar-refractivity contribution in [1.82, 2.24) is 24.8 Å². The van der Waals surface area contributed by atoms with Crippen LogP contribution in [0.5, 0.6) is 0 Å². The van der Waals surface area contributed by atoms with E-state index in [1.165, 1.54) is 6.20 Å². The van der Waals surface area contributed by atoms with Crippen LogP contribution in [0, 0.1) is 0 Å². The lowest BCUT2D eigenvalue weighted by Gasteiger charge is -2.32. The predicted octanol–water partition coefficient (Wildman–Crippen LogP) is 1.56. The van der Waals surface area contributed by atoms with Crippen LogP contribution in [-0.4, -0.2) is 51.6 Å². The molecule has 2 heterocycles. The molecule has 0 spiro atoms. The Hall–Kier alpha value is -1.47. The number of carbonyl (C=O) groups is 1. The van der Waals surface area contributed by atoms with E-state index in [0.29, 0.717) is 17.8 Å². The number of fused-ring (bicyclic) bond motifs is 1. The van der Waals surface area contributed by atoms with Crippen molar-refractivity contribution in [2.75, 3.05) is 20.6 Å². The van der Waals surface area contributed by atoms with Crippen LogP contribution in [0.4, 0.5) is 0 Å². The third kappa shape index (κ3) is 2.99. The first-order valence-corrected chi connectivity index (χ1v) is 7.05. The van der Waals surface area contributed by atoms with Crippen LogP contribution in [0.3, 0.4) is 0 Å². The summed E-state index contributed by atoms with van der Waals surface area (Å²) < 4.78 is 2.39. The summed E-state index contributed by atoms with van der Waals surface area (Å²) in [5, 5.41) is 7.06. The highest BCUT2D eigenvalue weighted by Crippen LogP contribution is 2.13. The number of nitrogens with zero attached hydrogens (tertiary/aromatic N) is 4. The van der Waals surface area contributed by atoms with Gasteiger partial charge in [0.15, 0.2) is 5.65 Å². The number of hydrogen-bond acceptors (Lipinski definition) is 4. The highest BCUT2D eigenvalue weighted by molar-refractivity contribution is 9.10. The largest absolute Gasteiger partial charge is 0.350 e. The molecule has 0 saturated heterocycles. The molecule has 0 aliphatic carbocycles. The van der Waals surface area contributed by atoms with E-state index in [-0.39, 0.29) is 11.4 Å². The molecule has 0 radical (unpaired) electrons. The van der Waals surface area contributed by atoms with Crippen molar-refractivity contribution in [2.24, 2.45) is 0 Å². The Kier molecular flexibility index (Phi) is 4.10. The molecule has 1 amide bonds. The van der Waals surface area contributed by atoms with Crippen molar-refractivity contribution in [1.29, 1.82) is 0 Å². The van der Waals surface area contributed by atoms with Crippen molar-refractivity contribution in [3.8, 4) is 0 Å². The second kappa shape index (κ2) is 5.49. The molecule has 0 fully saturated rings.